The zero-order chi connectivity index (χ0) is 20.9. The Kier molecular flexibility index (Phi) is 6.36. The van der Waals surface area contributed by atoms with E-state index < -0.39 is 0 Å². The number of carbonyl (C=O) groups excluding carboxylic acids is 2. The van der Waals surface area contributed by atoms with Gasteiger partial charge in [-0.1, -0.05) is 37.3 Å². The largest absolute Gasteiger partial charge is 0.372 e. The highest BCUT2D eigenvalue weighted by atomic mass is 16.2. The molecule has 2 fully saturated rings. The van der Waals surface area contributed by atoms with Crippen molar-refractivity contribution in [1.29, 1.82) is 0 Å². The first-order valence-electron chi connectivity index (χ1n) is 11.1. The molecule has 1 N–H and O–H groups in total. The van der Waals surface area contributed by atoms with E-state index in [9.17, 15) is 9.59 Å². The van der Waals surface area contributed by atoms with Gasteiger partial charge in [0.15, 0.2) is 0 Å². The monoisotopic (exact) mass is 405 g/mol. The summed E-state index contributed by atoms with van der Waals surface area (Å²) in [5, 5.41) is 3.00. The summed E-state index contributed by atoms with van der Waals surface area (Å²) in [7, 11) is 0. The number of anilines is 2. The molecule has 4 rings (SSSR count). The number of rotatable bonds is 6. The Morgan fingerprint density at radius 3 is 2.43 bits per heavy atom. The quantitative estimate of drug-likeness (QED) is 0.792. The van der Waals surface area contributed by atoms with Gasteiger partial charge >= 0.3 is 0 Å². The van der Waals surface area contributed by atoms with Crippen molar-refractivity contribution in [3.63, 3.8) is 0 Å². The van der Waals surface area contributed by atoms with E-state index in [-0.39, 0.29) is 17.7 Å². The average molecular weight is 406 g/mol. The standard InChI is InChI=1S/C25H31N3O2/c1-19-11-14-27(15-12-19)23-9-7-22(8-10-23)26-25(30)21-17-24(29)28(18-21)16-13-20-5-3-2-4-6-20/h2-10,19,21H,11-18H2,1H3,(H,26,30). The number of nitrogens with one attached hydrogen (secondary N) is 1. The molecule has 0 saturated carbocycles. The highest BCUT2D eigenvalue weighted by Gasteiger charge is 2.34. The number of likely N-dealkylation sites (tertiary alicyclic amines) is 1. The van der Waals surface area contributed by atoms with Crippen LogP contribution >= 0.6 is 0 Å². The minimum absolute atomic E-state index is 0.0647. The van der Waals surface area contributed by atoms with Gasteiger partial charge in [-0.15, -0.1) is 0 Å². The zero-order valence-corrected chi connectivity index (χ0v) is 17.7. The van der Waals surface area contributed by atoms with Crippen LogP contribution in [0.4, 0.5) is 11.4 Å². The van der Waals surface area contributed by atoms with Crippen LogP contribution in [0.2, 0.25) is 0 Å². The Labute approximate surface area is 179 Å². The molecule has 2 saturated heterocycles. The molecule has 158 valence electrons. The number of amides is 2. The van der Waals surface area contributed by atoms with Crippen molar-refractivity contribution in [3.8, 4) is 0 Å². The second-order valence-electron chi connectivity index (χ2n) is 8.68. The van der Waals surface area contributed by atoms with Crippen LogP contribution in [0.15, 0.2) is 54.6 Å². The lowest BCUT2D eigenvalue weighted by Gasteiger charge is -2.32. The Hall–Kier alpha value is -2.82. The molecule has 2 aromatic rings. The van der Waals surface area contributed by atoms with Crippen LogP contribution in [0.1, 0.15) is 31.7 Å². The highest BCUT2D eigenvalue weighted by Crippen LogP contribution is 2.25. The molecule has 2 aliphatic rings. The van der Waals surface area contributed by atoms with E-state index in [0.717, 1.165) is 31.1 Å². The van der Waals surface area contributed by atoms with Crippen molar-refractivity contribution in [2.75, 3.05) is 36.4 Å². The molecule has 0 radical (unpaired) electrons. The van der Waals surface area contributed by atoms with E-state index in [4.69, 9.17) is 0 Å². The van der Waals surface area contributed by atoms with E-state index in [1.54, 1.807) is 0 Å². The van der Waals surface area contributed by atoms with Gasteiger partial charge in [0.2, 0.25) is 11.8 Å². The molecule has 2 heterocycles. The van der Waals surface area contributed by atoms with Gasteiger partial charge in [-0.05, 0) is 55.0 Å². The Bertz CT molecular complexity index is 858. The summed E-state index contributed by atoms with van der Waals surface area (Å²) >= 11 is 0. The number of hydrogen-bond donors (Lipinski definition) is 1. The smallest absolute Gasteiger partial charge is 0.229 e. The maximum atomic E-state index is 12.7. The predicted molar refractivity (Wildman–Crippen MR) is 121 cm³/mol. The number of nitrogens with zero attached hydrogens (tertiary/aromatic N) is 2. The van der Waals surface area contributed by atoms with Crippen LogP contribution < -0.4 is 10.2 Å². The van der Waals surface area contributed by atoms with Gasteiger partial charge in [-0.2, -0.15) is 0 Å². The van der Waals surface area contributed by atoms with Gasteiger partial charge in [0.1, 0.15) is 0 Å². The predicted octanol–water partition coefficient (Wildman–Crippen LogP) is 3.95. The van der Waals surface area contributed by atoms with E-state index in [0.29, 0.717) is 19.5 Å². The fourth-order valence-electron chi connectivity index (χ4n) is 4.34. The molecule has 2 aliphatic heterocycles. The van der Waals surface area contributed by atoms with Crippen LogP contribution in [0.25, 0.3) is 0 Å². The van der Waals surface area contributed by atoms with E-state index >= 15 is 0 Å². The Morgan fingerprint density at radius 2 is 1.73 bits per heavy atom. The molecule has 0 aromatic heterocycles. The van der Waals surface area contributed by atoms with Crippen molar-refractivity contribution < 1.29 is 9.59 Å². The number of hydrogen-bond acceptors (Lipinski definition) is 3. The molecule has 0 aliphatic carbocycles. The third-order valence-electron chi connectivity index (χ3n) is 6.38. The lowest BCUT2D eigenvalue weighted by atomic mass is 9.99. The van der Waals surface area contributed by atoms with Gasteiger partial charge in [0.25, 0.3) is 0 Å². The summed E-state index contributed by atoms with van der Waals surface area (Å²) in [6.45, 7) is 5.66. The molecule has 0 spiro atoms. The summed E-state index contributed by atoms with van der Waals surface area (Å²) in [6, 6.07) is 18.2. The van der Waals surface area contributed by atoms with Crippen LogP contribution in [-0.4, -0.2) is 42.9 Å². The molecule has 0 bridgehead atoms. The highest BCUT2D eigenvalue weighted by molar-refractivity contribution is 5.97. The topological polar surface area (TPSA) is 52.7 Å². The lowest BCUT2D eigenvalue weighted by molar-refractivity contribution is -0.128. The second-order valence-corrected chi connectivity index (χ2v) is 8.68. The summed E-state index contributed by atoms with van der Waals surface area (Å²) in [5.41, 5.74) is 3.22. The molecule has 30 heavy (non-hydrogen) atoms. The van der Waals surface area contributed by atoms with Gasteiger partial charge < -0.3 is 15.1 Å². The van der Waals surface area contributed by atoms with E-state index in [1.165, 1.54) is 24.1 Å². The summed E-state index contributed by atoms with van der Waals surface area (Å²) in [5.74, 6) is 0.531. The third kappa shape index (κ3) is 5.02. The summed E-state index contributed by atoms with van der Waals surface area (Å²) < 4.78 is 0. The molecule has 5 heteroatoms. The number of benzene rings is 2. The van der Waals surface area contributed by atoms with Crippen LogP contribution in [0.5, 0.6) is 0 Å². The van der Waals surface area contributed by atoms with Gasteiger partial charge in [0.05, 0.1) is 5.92 Å². The first-order valence-corrected chi connectivity index (χ1v) is 11.1. The SMILES string of the molecule is CC1CCN(c2ccc(NC(=O)C3CC(=O)N(CCc4ccccc4)C3)cc2)CC1. The zero-order valence-electron chi connectivity index (χ0n) is 17.7. The van der Waals surface area contributed by atoms with Crippen LogP contribution in [-0.2, 0) is 16.0 Å². The maximum absolute atomic E-state index is 12.7. The van der Waals surface area contributed by atoms with Gasteiger partial charge in [0, 0.05) is 44.0 Å². The molecule has 2 amide bonds. The minimum atomic E-state index is -0.281. The van der Waals surface area contributed by atoms with Crippen molar-refractivity contribution in [2.24, 2.45) is 11.8 Å². The first kappa shape index (κ1) is 20.5. The molecule has 2 aromatic carbocycles. The van der Waals surface area contributed by atoms with E-state index in [1.807, 2.05) is 35.2 Å². The van der Waals surface area contributed by atoms with E-state index in [2.05, 4.69) is 41.4 Å². The van der Waals surface area contributed by atoms with Crippen molar-refractivity contribution in [2.45, 2.75) is 32.6 Å². The molecule has 1 atom stereocenters. The summed E-state index contributed by atoms with van der Waals surface area (Å²) in [6.07, 6.45) is 3.58. The molecule has 1 unspecified atom stereocenters. The average Bonchev–Trinajstić information content (AvgIpc) is 3.15. The first-order chi connectivity index (χ1) is 14.6. The van der Waals surface area contributed by atoms with Crippen molar-refractivity contribution in [3.05, 3.63) is 60.2 Å². The number of piperidine rings is 1. The van der Waals surface area contributed by atoms with Gasteiger partial charge in [-0.25, -0.2) is 0 Å². The minimum Gasteiger partial charge on any atom is -0.372 e. The normalized spacial score (nSPS) is 19.9. The molecule has 5 nitrogen and oxygen atoms in total. The Morgan fingerprint density at radius 1 is 1.03 bits per heavy atom. The fourth-order valence-corrected chi connectivity index (χ4v) is 4.34. The van der Waals surface area contributed by atoms with Crippen LogP contribution in [0, 0.1) is 11.8 Å². The van der Waals surface area contributed by atoms with Crippen molar-refractivity contribution in [1.82, 2.24) is 4.90 Å². The summed E-state index contributed by atoms with van der Waals surface area (Å²) in [4.78, 5) is 29.3. The maximum Gasteiger partial charge on any atom is 0.229 e. The second kappa shape index (κ2) is 9.33. The van der Waals surface area contributed by atoms with Crippen LogP contribution in [0.3, 0.4) is 0 Å². The third-order valence-corrected chi connectivity index (χ3v) is 6.38. The van der Waals surface area contributed by atoms with Crippen molar-refractivity contribution >= 4 is 23.2 Å². The number of carbonyl (C=O) groups is 2. The molecular weight excluding hydrogens is 374 g/mol. The Balaban J connectivity index is 1.28. The fraction of sp³-hybridized carbons (Fsp3) is 0.440. The lowest BCUT2D eigenvalue weighted by Crippen LogP contribution is -2.32. The van der Waals surface area contributed by atoms with Gasteiger partial charge in [-0.3, -0.25) is 9.59 Å². The molecular formula is C25H31N3O2.